The fourth-order valence-corrected chi connectivity index (χ4v) is 6.41. The highest BCUT2D eigenvalue weighted by Gasteiger charge is 2.74. The van der Waals surface area contributed by atoms with Gasteiger partial charge in [0, 0.05) is 25.8 Å². The number of rotatable bonds is 3. The second-order valence-corrected chi connectivity index (χ2v) is 8.41. The zero-order valence-electron chi connectivity index (χ0n) is 15.5. The van der Waals surface area contributed by atoms with Crippen molar-refractivity contribution in [3.63, 3.8) is 0 Å². The number of halogens is 1. The number of methoxy groups -OCH3 is 3. The van der Waals surface area contributed by atoms with Crippen LogP contribution in [0, 0.1) is 0 Å². The van der Waals surface area contributed by atoms with E-state index in [1.807, 2.05) is 12.1 Å². The van der Waals surface area contributed by atoms with Crippen LogP contribution in [0.3, 0.4) is 0 Å². The monoisotopic (exact) mass is 377 g/mol. The summed E-state index contributed by atoms with van der Waals surface area (Å²) in [5.41, 5.74) is 2.06. The maximum Gasteiger partial charge on any atom is 0.226 e. The van der Waals surface area contributed by atoms with Gasteiger partial charge in [0.05, 0.1) is 17.4 Å². The van der Waals surface area contributed by atoms with Crippen LogP contribution in [0.15, 0.2) is 24.3 Å². The van der Waals surface area contributed by atoms with Crippen molar-refractivity contribution in [2.24, 2.45) is 0 Å². The van der Waals surface area contributed by atoms with Gasteiger partial charge in [0.2, 0.25) is 5.79 Å². The first-order valence-corrected chi connectivity index (χ1v) is 9.42. The molecule has 0 saturated carbocycles. The van der Waals surface area contributed by atoms with Crippen molar-refractivity contribution < 1.29 is 18.9 Å². The van der Waals surface area contributed by atoms with Crippen molar-refractivity contribution in [1.29, 1.82) is 0 Å². The molecule has 140 valence electrons. The van der Waals surface area contributed by atoms with E-state index >= 15 is 0 Å². The molecule has 0 unspecified atom stereocenters. The Hall–Kier alpha value is -1.27. The van der Waals surface area contributed by atoms with Crippen molar-refractivity contribution in [2.45, 2.75) is 41.1 Å². The third kappa shape index (κ3) is 1.61. The summed E-state index contributed by atoms with van der Waals surface area (Å²) < 4.78 is 23.9. The van der Waals surface area contributed by atoms with Gasteiger partial charge >= 0.3 is 0 Å². The van der Waals surface area contributed by atoms with E-state index in [4.69, 9.17) is 30.5 Å². The number of likely N-dealkylation sites (N-methyl/N-ethyl adjacent to an activating group) is 1. The Morgan fingerprint density at radius 3 is 2.65 bits per heavy atom. The van der Waals surface area contributed by atoms with Crippen LogP contribution in [-0.2, 0) is 21.3 Å². The molecule has 1 aromatic carbocycles. The smallest absolute Gasteiger partial charge is 0.226 e. The minimum absolute atomic E-state index is 0.193. The van der Waals surface area contributed by atoms with Crippen LogP contribution in [0.1, 0.15) is 17.5 Å². The van der Waals surface area contributed by atoms with E-state index in [9.17, 15) is 0 Å². The van der Waals surface area contributed by atoms with E-state index < -0.39 is 16.1 Å². The molecular formula is C20H24ClNO4. The van der Waals surface area contributed by atoms with Gasteiger partial charge in [0.25, 0.3) is 0 Å². The molecule has 1 aromatic rings. The fraction of sp³-hybridized carbons (Fsp3) is 0.600. The van der Waals surface area contributed by atoms with Gasteiger partial charge in [-0.3, -0.25) is 0 Å². The molecule has 0 amide bonds. The SMILES string of the molecule is COc1ccc2c3c1O[C@@H]1C(OC)(OC)C=C[C@]4(Cl)[C@H](C2)N(C)CC[C@]314. The molecule has 2 aliphatic carbocycles. The molecule has 5 nitrogen and oxygen atoms in total. The predicted octanol–water partition coefficient (Wildman–Crippen LogP) is 2.49. The molecule has 6 heteroatoms. The molecule has 2 bridgehead atoms. The molecular weight excluding hydrogens is 354 g/mol. The molecule has 0 aromatic heterocycles. The van der Waals surface area contributed by atoms with E-state index in [0.717, 1.165) is 30.9 Å². The second-order valence-electron chi connectivity index (χ2n) is 7.78. The minimum atomic E-state index is -0.975. The molecule has 5 rings (SSSR count). The van der Waals surface area contributed by atoms with Gasteiger partial charge in [-0.25, -0.2) is 0 Å². The van der Waals surface area contributed by atoms with Crippen molar-refractivity contribution in [1.82, 2.24) is 4.90 Å². The maximum atomic E-state index is 7.46. The molecule has 0 N–H and O–H groups in total. The highest BCUT2D eigenvalue weighted by Crippen LogP contribution is 2.67. The number of alkyl halides is 1. The van der Waals surface area contributed by atoms with Gasteiger partial charge in [-0.15, -0.1) is 11.6 Å². The molecule has 1 spiro atoms. The Morgan fingerprint density at radius 1 is 1.19 bits per heavy atom. The molecule has 4 aliphatic rings. The molecule has 1 saturated heterocycles. The summed E-state index contributed by atoms with van der Waals surface area (Å²) in [4.78, 5) is 1.80. The number of likely N-dealkylation sites (tertiary alicyclic amines) is 1. The number of piperidine rings is 1. The topological polar surface area (TPSA) is 40.2 Å². The Bertz CT molecular complexity index is 807. The highest BCUT2D eigenvalue weighted by molar-refractivity contribution is 6.27. The Kier molecular flexibility index (Phi) is 3.35. The number of ether oxygens (including phenoxy) is 4. The van der Waals surface area contributed by atoms with Gasteiger partial charge in [-0.2, -0.15) is 0 Å². The summed E-state index contributed by atoms with van der Waals surface area (Å²) in [5.74, 6) is 0.563. The summed E-state index contributed by atoms with van der Waals surface area (Å²) in [6, 6.07) is 4.35. The Morgan fingerprint density at radius 2 is 1.96 bits per heavy atom. The molecule has 1 fully saturated rings. The van der Waals surface area contributed by atoms with Crippen LogP contribution in [-0.4, -0.2) is 62.6 Å². The summed E-state index contributed by atoms with van der Waals surface area (Å²) in [6.45, 7) is 0.951. The number of benzene rings is 1. The van der Waals surface area contributed by atoms with Gasteiger partial charge in [0.1, 0.15) is 0 Å². The number of nitrogens with zero attached hydrogens (tertiary/aromatic N) is 1. The maximum absolute atomic E-state index is 7.46. The van der Waals surface area contributed by atoms with Crippen LogP contribution in [0.4, 0.5) is 0 Å². The number of hydrogen-bond donors (Lipinski definition) is 0. The zero-order valence-corrected chi connectivity index (χ0v) is 16.3. The largest absolute Gasteiger partial charge is 0.493 e. The fourth-order valence-electron chi connectivity index (χ4n) is 5.81. The lowest BCUT2D eigenvalue weighted by atomic mass is 9.52. The third-order valence-corrected chi connectivity index (χ3v) is 7.81. The van der Waals surface area contributed by atoms with E-state index in [1.165, 1.54) is 11.1 Å². The molecule has 4 atom stereocenters. The van der Waals surface area contributed by atoms with E-state index in [2.05, 4.69) is 24.1 Å². The second kappa shape index (κ2) is 5.16. The summed E-state index contributed by atoms with van der Waals surface area (Å²) in [5, 5.41) is 0. The molecule has 0 radical (unpaired) electrons. The average Bonchev–Trinajstić information content (AvgIpc) is 3.01. The minimum Gasteiger partial charge on any atom is -0.493 e. The quantitative estimate of drug-likeness (QED) is 0.460. The van der Waals surface area contributed by atoms with Gasteiger partial charge in [-0.1, -0.05) is 12.1 Å². The molecule has 2 heterocycles. The first-order valence-electron chi connectivity index (χ1n) is 9.04. The predicted molar refractivity (Wildman–Crippen MR) is 98.3 cm³/mol. The summed E-state index contributed by atoms with van der Waals surface area (Å²) in [7, 11) is 7.15. The van der Waals surface area contributed by atoms with Crippen molar-refractivity contribution in [3.8, 4) is 11.5 Å². The van der Waals surface area contributed by atoms with Gasteiger partial charge in [-0.05, 0) is 44.1 Å². The highest BCUT2D eigenvalue weighted by atomic mass is 35.5. The third-order valence-electron chi connectivity index (χ3n) is 7.09. The van der Waals surface area contributed by atoms with Crippen LogP contribution in [0.25, 0.3) is 0 Å². The van der Waals surface area contributed by atoms with Gasteiger partial charge < -0.3 is 23.8 Å². The summed E-state index contributed by atoms with van der Waals surface area (Å²) >= 11 is 7.46. The standard InChI is InChI=1S/C20H24ClNO4/c1-22-10-9-18-15-12-5-6-13(23-2)16(15)26-17(18)20(24-3,25-4)8-7-19(18,21)14(22)11-12/h5-8,14,17H,9-11H2,1-4H3/t14-,17-,18-,19-/m0/s1. The van der Waals surface area contributed by atoms with Crippen molar-refractivity contribution in [2.75, 3.05) is 34.9 Å². The lowest BCUT2D eigenvalue weighted by molar-refractivity contribution is -0.241. The van der Waals surface area contributed by atoms with Crippen molar-refractivity contribution >= 4 is 11.6 Å². The first kappa shape index (κ1) is 16.9. The van der Waals surface area contributed by atoms with Crippen LogP contribution < -0.4 is 9.47 Å². The van der Waals surface area contributed by atoms with Crippen LogP contribution in [0.5, 0.6) is 11.5 Å². The molecule has 2 aliphatic heterocycles. The first-order chi connectivity index (χ1) is 12.5. The zero-order chi connectivity index (χ0) is 18.3. The number of hydrogen-bond acceptors (Lipinski definition) is 5. The van der Waals surface area contributed by atoms with E-state index in [-0.39, 0.29) is 12.1 Å². The normalized spacial score (nSPS) is 38.7. The van der Waals surface area contributed by atoms with E-state index in [1.54, 1.807) is 21.3 Å². The van der Waals surface area contributed by atoms with Gasteiger partial charge in [0.15, 0.2) is 17.6 Å². The van der Waals surface area contributed by atoms with E-state index in [0.29, 0.717) is 0 Å². The summed E-state index contributed by atoms with van der Waals surface area (Å²) in [6.07, 6.45) is 5.44. The molecule has 26 heavy (non-hydrogen) atoms. The van der Waals surface area contributed by atoms with Crippen LogP contribution in [0.2, 0.25) is 0 Å². The Balaban J connectivity index is 1.86. The average molecular weight is 378 g/mol. The van der Waals surface area contributed by atoms with Crippen molar-refractivity contribution in [3.05, 3.63) is 35.4 Å². The van der Waals surface area contributed by atoms with Crippen LogP contribution >= 0.6 is 11.6 Å². The lowest BCUT2D eigenvalue weighted by Crippen LogP contribution is -2.75. The Labute approximate surface area is 158 Å². The lowest BCUT2D eigenvalue weighted by Gasteiger charge is -2.62.